The summed E-state index contributed by atoms with van der Waals surface area (Å²) >= 11 is 5.29. The number of para-hydroxylation sites is 1. The van der Waals surface area contributed by atoms with Gasteiger partial charge in [-0.05, 0) is 83.5 Å². The van der Waals surface area contributed by atoms with E-state index < -0.39 is 17.8 Å². The first-order chi connectivity index (χ1) is 18.4. The largest absolute Gasteiger partial charge is 0.478 e. The average molecular weight is 521 g/mol. The summed E-state index contributed by atoms with van der Waals surface area (Å²) in [7, 11) is 0. The number of carbonyl (C=O) groups is 3. The summed E-state index contributed by atoms with van der Waals surface area (Å²) in [6.07, 6.45) is 1.50. The highest BCUT2D eigenvalue weighted by molar-refractivity contribution is 7.80. The number of carbonyl (C=O) groups excluding carboxylic acids is 2. The van der Waals surface area contributed by atoms with Crippen LogP contribution >= 0.6 is 12.2 Å². The van der Waals surface area contributed by atoms with Gasteiger partial charge in [-0.25, -0.2) is 4.79 Å². The number of rotatable bonds is 6. The van der Waals surface area contributed by atoms with Crippen LogP contribution in [0.15, 0.2) is 109 Å². The lowest BCUT2D eigenvalue weighted by Gasteiger charge is -2.29. The van der Waals surface area contributed by atoms with Crippen LogP contribution in [-0.4, -0.2) is 28.0 Å². The van der Waals surface area contributed by atoms with Crippen LogP contribution in [-0.2, 0) is 9.59 Å². The number of nitrogens with one attached hydrogen (secondary N) is 1. The van der Waals surface area contributed by atoms with Crippen molar-refractivity contribution in [1.82, 2.24) is 5.32 Å². The number of benzene rings is 4. The Morgan fingerprint density at radius 2 is 1.50 bits per heavy atom. The van der Waals surface area contributed by atoms with E-state index in [9.17, 15) is 19.5 Å². The number of nitrogens with zero attached hydrogens (tertiary/aromatic N) is 1. The van der Waals surface area contributed by atoms with Gasteiger partial charge in [-0.3, -0.25) is 19.8 Å². The molecule has 0 aliphatic carbocycles. The fourth-order valence-electron chi connectivity index (χ4n) is 3.95. The zero-order chi connectivity index (χ0) is 26.6. The van der Waals surface area contributed by atoms with Crippen molar-refractivity contribution in [1.29, 1.82) is 0 Å². The highest BCUT2D eigenvalue weighted by atomic mass is 32.1. The highest BCUT2D eigenvalue weighted by Gasteiger charge is 2.34. The minimum Gasteiger partial charge on any atom is -0.478 e. The molecule has 1 saturated heterocycles. The number of carboxylic acids is 1. The first kappa shape index (κ1) is 24.6. The lowest BCUT2D eigenvalue weighted by Crippen LogP contribution is -2.54. The van der Waals surface area contributed by atoms with E-state index in [4.69, 9.17) is 17.0 Å². The van der Waals surface area contributed by atoms with Gasteiger partial charge in [-0.1, -0.05) is 54.6 Å². The molecule has 7 nitrogen and oxygen atoms in total. The Morgan fingerprint density at radius 3 is 2.18 bits per heavy atom. The van der Waals surface area contributed by atoms with Crippen molar-refractivity contribution in [2.45, 2.75) is 0 Å². The van der Waals surface area contributed by atoms with Crippen LogP contribution in [0.25, 0.3) is 17.2 Å². The molecule has 0 radical (unpaired) electrons. The SMILES string of the molecule is O=C1NC(=S)N(c2ccc(Oc3ccccc3)cc2)C(=O)C1=Cc1ccc(-c2cccc(C(=O)O)c2)cc1. The second kappa shape index (κ2) is 10.5. The van der Waals surface area contributed by atoms with Gasteiger partial charge in [0.25, 0.3) is 11.8 Å². The van der Waals surface area contributed by atoms with Gasteiger partial charge < -0.3 is 9.84 Å². The number of aromatic carboxylic acids is 1. The summed E-state index contributed by atoms with van der Waals surface area (Å²) in [5, 5.41) is 11.8. The molecule has 38 heavy (non-hydrogen) atoms. The van der Waals surface area contributed by atoms with Crippen molar-refractivity contribution in [3.05, 3.63) is 120 Å². The Kier molecular flexibility index (Phi) is 6.80. The standard InChI is InChI=1S/C30H20N2O5S/c33-27-26(17-19-9-11-20(12-10-19)21-5-4-6-22(18-21)29(35)36)28(34)32(30(38)31-27)23-13-15-25(16-14-23)37-24-7-2-1-3-8-24/h1-18H,(H,35,36)(H,31,33,38). The zero-order valence-corrected chi connectivity index (χ0v) is 20.6. The maximum absolute atomic E-state index is 13.3. The number of amides is 2. The van der Waals surface area contributed by atoms with Crippen LogP contribution in [0.1, 0.15) is 15.9 Å². The molecule has 0 unspecified atom stereocenters. The minimum atomic E-state index is -1.00. The summed E-state index contributed by atoms with van der Waals surface area (Å²) in [6, 6.07) is 29.8. The topological polar surface area (TPSA) is 95.9 Å². The average Bonchev–Trinajstić information content (AvgIpc) is 2.93. The van der Waals surface area contributed by atoms with Gasteiger partial charge in [0.05, 0.1) is 11.3 Å². The summed E-state index contributed by atoms with van der Waals surface area (Å²) < 4.78 is 5.80. The number of carboxylic acid groups (broad SMARTS) is 1. The first-order valence-corrected chi connectivity index (χ1v) is 12.0. The Bertz CT molecular complexity index is 1580. The van der Waals surface area contributed by atoms with Gasteiger partial charge in [-0.15, -0.1) is 0 Å². The molecular formula is C30H20N2O5S. The molecule has 2 N–H and O–H groups in total. The van der Waals surface area contributed by atoms with Crippen molar-refractivity contribution in [2.75, 3.05) is 4.90 Å². The van der Waals surface area contributed by atoms with Gasteiger partial charge in [0.15, 0.2) is 5.11 Å². The molecule has 0 bridgehead atoms. The van der Waals surface area contributed by atoms with Gasteiger partial charge >= 0.3 is 5.97 Å². The normalized spacial score (nSPS) is 14.4. The molecule has 2 amide bonds. The molecule has 1 aliphatic rings. The Balaban J connectivity index is 1.37. The van der Waals surface area contributed by atoms with Gasteiger partial charge in [-0.2, -0.15) is 0 Å². The van der Waals surface area contributed by atoms with E-state index in [0.29, 0.717) is 22.7 Å². The third-order valence-corrected chi connectivity index (χ3v) is 6.12. The lowest BCUT2D eigenvalue weighted by atomic mass is 10.0. The van der Waals surface area contributed by atoms with E-state index in [1.54, 1.807) is 60.7 Å². The van der Waals surface area contributed by atoms with E-state index in [0.717, 1.165) is 11.1 Å². The maximum atomic E-state index is 13.3. The zero-order valence-electron chi connectivity index (χ0n) is 19.8. The van der Waals surface area contributed by atoms with Crippen LogP contribution in [0.4, 0.5) is 5.69 Å². The number of hydrogen-bond acceptors (Lipinski definition) is 5. The van der Waals surface area contributed by atoms with E-state index in [1.165, 1.54) is 17.0 Å². The van der Waals surface area contributed by atoms with Crippen LogP contribution in [0.2, 0.25) is 0 Å². The van der Waals surface area contributed by atoms with Crippen LogP contribution in [0, 0.1) is 0 Å². The molecule has 5 rings (SSSR count). The number of anilines is 1. The van der Waals surface area contributed by atoms with Gasteiger partial charge in [0.2, 0.25) is 0 Å². The lowest BCUT2D eigenvalue weighted by molar-refractivity contribution is -0.122. The van der Waals surface area contributed by atoms with Crippen molar-refractivity contribution in [3.63, 3.8) is 0 Å². The van der Waals surface area contributed by atoms with Crippen LogP contribution < -0.4 is 15.0 Å². The summed E-state index contributed by atoms with van der Waals surface area (Å²) in [6.45, 7) is 0. The summed E-state index contributed by atoms with van der Waals surface area (Å²) in [4.78, 5) is 38.5. The Labute approximate surface area is 223 Å². The molecule has 4 aromatic rings. The quantitative estimate of drug-likeness (QED) is 0.193. The molecule has 0 saturated carbocycles. The van der Waals surface area contributed by atoms with Crippen molar-refractivity contribution in [2.24, 2.45) is 0 Å². The van der Waals surface area contributed by atoms with Crippen molar-refractivity contribution < 1.29 is 24.2 Å². The second-order valence-corrected chi connectivity index (χ2v) is 8.76. The Hall–Kier alpha value is -5.08. The molecule has 0 spiro atoms. The summed E-state index contributed by atoms with van der Waals surface area (Å²) in [5.74, 6) is -0.866. The monoisotopic (exact) mass is 520 g/mol. The third kappa shape index (κ3) is 5.21. The van der Waals surface area contributed by atoms with E-state index >= 15 is 0 Å². The Morgan fingerprint density at radius 1 is 0.816 bits per heavy atom. The number of ether oxygens (including phenoxy) is 1. The van der Waals surface area contributed by atoms with Gasteiger partial charge in [0.1, 0.15) is 17.1 Å². The first-order valence-electron chi connectivity index (χ1n) is 11.6. The molecule has 0 atom stereocenters. The second-order valence-electron chi connectivity index (χ2n) is 8.37. The molecule has 186 valence electrons. The fourth-order valence-corrected chi connectivity index (χ4v) is 4.23. The maximum Gasteiger partial charge on any atom is 0.335 e. The molecular weight excluding hydrogens is 500 g/mol. The predicted molar refractivity (Wildman–Crippen MR) is 148 cm³/mol. The minimum absolute atomic E-state index is 0.0115. The highest BCUT2D eigenvalue weighted by Crippen LogP contribution is 2.28. The molecule has 1 aliphatic heterocycles. The number of hydrogen-bond donors (Lipinski definition) is 2. The molecule has 1 heterocycles. The van der Waals surface area contributed by atoms with Crippen molar-refractivity contribution in [3.8, 4) is 22.6 Å². The third-order valence-electron chi connectivity index (χ3n) is 5.84. The van der Waals surface area contributed by atoms with Crippen LogP contribution in [0.5, 0.6) is 11.5 Å². The van der Waals surface area contributed by atoms with E-state index in [2.05, 4.69) is 5.32 Å². The van der Waals surface area contributed by atoms with Crippen molar-refractivity contribution >= 4 is 46.9 Å². The molecule has 0 aromatic heterocycles. The van der Waals surface area contributed by atoms with E-state index in [-0.39, 0.29) is 16.2 Å². The molecule has 1 fully saturated rings. The number of thiocarbonyl (C=S) groups is 1. The molecule has 8 heteroatoms. The molecule has 4 aromatic carbocycles. The smallest absolute Gasteiger partial charge is 0.335 e. The van der Waals surface area contributed by atoms with Crippen LogP contribution in [0.3, 0.4) is 0 Å². The summed E-state index contributed by atoms with van der Waals surface area (Å²) in [5.41, 5.74) is 2.78. The van der Waals surface area contributed by atoms with Gasteiger partial charge in [0, 0.05) is 0 Å². The fraction of sp³-hybridized carbons (Fsp3) is 0. The predicted octanol–water partition coefficient (Wildman–Crippen LogP) is 5.68. The van der Waals surface area contributed by atoms with E-state index in [1.807, 2.05) is 36.4 Å².